The summed E-state index contributed by atoms with van der Waals surface area (Å²) in [5, 5.41) is 20.4. The topological polar surface area (TPSA) is 44.0 Å². The van der Waals surface area contributed by atoms with Crippen LogP contribution < -0.4 is 0 Å². The van der Waals surface area contributed by atoms with Crippen LogP contribution in [0.25, 0.3) is 10.8 Å². The van der Waals surface area contributed by atoms with Crippen LogP contribution in [0, 0.1) is 11.3 Å². The van der Waals surface area contributed by atoms with Crippen LogP contribution in [-0.2, 0) is 0 Å². The molecule has 0 aliphatic heterocycles. The lowest BCUT2D eigenvalue weighted by Crippen LogP contribution is -1.95. The first-order valence-electron chi connectivity index (χ1n) is 4.85. The SMILES string of the molecule is N#CC[C@H](O)c1ccc2ccccc2c1. The Morgan fingerprint density at radius 2 is 1.87 bits per heavy atom. The molecule has 2 heteroatoms. The molecule has 0 radical (unpaired) electrons. The molecular weight excluding hydrogens is 186 g/mol. The zero-order valence-electron chi connectivity index (χ0n) is 8.22. The minimum Gasteiger partial charge on any atom is -0.387 e. The Balaban J connectivity index is 2.43. The number of benzene rings is 2. The fourth-order valence-corrected chi connectivity index (χ4v) is 1.62. The average Bonchev–Trinajstić information content (AvgIpc) is 2.29. The zero-order valence-corrected chi connectivity index (χ0v) is 8.22. The molecule has 0 amide bonds. The van der Waals surface area contributed by atoms with E-state index in [2.05, 4.69) is 0 Å². The lowest BCUT2D eigenvalue weighted by Gasteiger charge is -2.07. The van der Waals surface area contributed by atoms with Gasteiger partial charge in [-0.1, -0.05) is 36.4 Å². The molecule has 1 N–H and O–H groups in total. The van der Waals surface area contributed by atoms with Crippen molar-refractivity contribution in [3.8, 4) is 6.07 Å². The number of rotatable bonds is 2. The Morgan fingerprint density at radius 1 is 1.13 bits per heavy atom. The molecule has 2 nitrogen and oxygen atoms in total. The fraction of sp³-hybridized carbons (Fsp3) is 0.154. The third-order valence-corrected chi connectivity index (χ3v) is 2.44. The third-order valence-electron chi connectivity index (χ3n) is 2.44. The standard InChI is InChI=1S/C13H11NO/c14-8-7-13(15)12-6-5-10-3-1-2-4-11(10)9-12/h1-6,9,13,15H,7H2/t13-/m0/s1. The van der Waals surface area contributed by atoms with Crippen molar-refractivity contribution in [3.63, 3.8) is 0 Å². The lowest BCUT2D eigenvalue weighted by atomic mass is 10.0. The average molecular weight is 197 g/mol. The second kappa shape index (κ2) is 4.12. The van der Waals surface area contributed by atoms with Crippen LogP contribution in [0.1, 0.15) is 18.1 Å². The van der Waals surface area contributed by atoms with Gasteiger partial charge in [-0.05, 0) is 22.4 Å². The van der Waals surface area contributed by atoms with Gasteiger partial charge in [0.2, 0.25) is 0 Å². The van der Waals surface area contributed by atoms with Crippen molar-refractivity contribution in [2.45, 2.75) is 12.5 Å². The van der Waals surface area contributed by atoms with Crippen LogP contribution in [0.3, 0.4) is 0 Å². The van der Waals surface area contributed by atoms with Gasteiger partial charge >= 0.3 is 0 Å². The van der Waals surface area contributed by atoms with Crippen molar-refractivity contribution in [3.05, 3.63) is 48.0 Å². The van der Waals surface area contributed by atoms with Crippen molar-refractivity contribution in [2.24, 2.45) is 0 Å². The summed E-state index contributed by atoms with van der Waals surface area (Å²) in [6.45, 7) is 0. The second-order valence-corrected chi connectivity index (χ2v) is 3.48. The van der Waals surface area contributed by atoms with Crippen molar-refractivity contribution in [2.75, 3.05) is 0 Å². The first-order valence-corrected chi connectivity index (χ1v) is 4.85. The van der Waals surface area contributed by atoms with Gasteiger partial charge in [-0.15, -0.1) is 0 Å². The minimum atomic E-state index is -0.681. The Bertz CT molecular complexity index is 513. The summed E-state index contributed by atoms with van der Waals surface area (Å²) in [4.78, 5) is 0. The van der Waals surface area contributed by atoms with E-state index in [1.807, 2.05) is 48.5 Å². The second-order valence-electron chi connectivity index (χ2n) is 3.48. The summed E-state index contributed by atoms with van der Waals surface area (Å²) < 4.78 is 0. The molecule has 74 valence electrons. The first kappa shape index (κ1) is 9.70. The van der Waals surface area contributed by atoms with E-state index in [1.54, 1.807) is 0 Å². The molecule has 0 heterocycles. The summed E-state index contributed by atoms with van der Waals surface area (Å²) in [7, 11) is 0. The summed E-state index contributed by atoms with van der Waals surface area (Å²) >= 11 is 0. The summed E-state index contributed by atoms with van der Waals surface area (Å²) in [6, 6.07) is 15.7. The summed E-state index contributed by atoms with van der Waals surface area (Å²) in [6.07, 6.45) is -0.544. The number of nitriles is 1. The quantitative estimate of drug-likeness (QED) is 0.804. The highest BCUT2D eigenvalue weighted by atomic mass is 16.3. The highest BCUT2D eigenvalue weighted by molar-refractivity contribution is 5.83. The van der Waals surface area contributed by atoms with Crippen LogP contribution in [0.5, 0.6) is 0 Å². The van der Waals surface area contributed by atoms with Gasteiger partial charge in [0.25, 0.3) is 0 Å². The fourth-order valence-electron chi connectivity index (χ4n) is 1.62. The molecule has 0 spiro atoms. The van der Waals surface area contributed by atoms with Crippen molar-refractivity contribution in [1.29, 1.82) is 5.26 Å². The van der Waals surface area contributed by atoms with Gasteiger partial charge < -0.3 is 5.11 Å². The number of nitrogens with zero attached hydrogens (tertiary/aromatic N) is 1. The molecule has 0 bridgehead atoms. The zero-order chi connectivity index (χ0) is 10.7. The molecule has 0 fully saturated rings. The van der Waals surface area contributed by atoms with Gasteiger partial charge in [0, 0.05) is 0 Å². The number of fused-ring (bicyclic) bond motifs is 1. The van der Waals surface area contributed by atoms with Gasteiger partial charge in [0.05, 0.1) is 18.6 Å². The molecule has 2 aromatic carbocycles. The monoisotopic (exact) mass is 197 g/mol. The molecule has 2 rings (SSSR count). The predicted octanol–water partition coefficient (Wildman–Crippen LogP) is 2.79. The van der Waals surface area contributed by atoms with Crippen LogP contribution in [0.2, 0.25) is 0 Å². The Kier molecular flexibility index (Phi) is 2.66. The molecule has 15 heavy (non-hydrogen) atoms. The van der Waals surface area contributed by atoms with Crippen molar-refractivity contribution < 1.29 is 5.11 Å². The third kappa shape index (κ3) is 1.98. The normalized spacial score (nSPS) is 12.3. The van der Waals surface area contributed by atoms with E-state index in [1.165, 1.54) is 0 Å². The lowest BCUT2D eigenvalue weighted by molar-refractivity contribution is 0.183. The molecule has 0 aliphatic carbocycles. The number of hydrogen-bond donors (Lipinski definition) is 1. The number of aliphatic hydroxyl groups excluding tert-OH is 1. The maximum absolute atomic E-state index is 9.66. The predicted molar refractivity (Wildman–Crippen MR) is 59.1 cm³/mol. The first-order chi connectivity index (χ1) is 7.31. The Hall–Kier alpha value is -1.85. The highest BCUT2D eigenvalue weighted by Crippen LogP contribution is 2.21. The number of aliphatic hydroxyl groups is 1. The van der Waals surface area contributed by atoms with E-state index in [4.69, 9.17) is 5.26 Å². The smallest absolute Gasteiger partial charge is 0.0920 e. The van der Waals surface area contributed by atoms with Crippen LogP contribution in [0.4, 0.5) is 0 Å². The molecule has 0 saturated heterocycles. The Morgan fingerprint density at radius 3 is 2.60 bits per heavy atom. The molecular formula is C13H11NO. The molecule has 1 atom stereocenters. The van der Waals surface area contributed by atoms with Gasteiger partial charge in [0.1, 0.15) is 0 Å². The van der Waals surface area contributed by atoms with Gasteiger partial charge in [-0.3, -0.25) is 0 Å². The largest absolute Gasteiger partial charge is 0.387 e. The minimum absolute atomic E-state index is 0.137. The van der Waals surface area contributed by atoms with Gasteiger partial charge in [-0.25, -0.2) is 0 Å². The maximum atomic E-state index is 9.66. The van der Waals surface area contributed by atoms with E-state index >= 15 is 0 Å². The molecule has 2 aromatic rings. The van der Waals surface area contributed by atoms with Crippen LogP contribution >= 0.6 is 0 Å². The molecule has 0 saturated carbocycles. The maximum Gasteiger partial charge on any atom is 0.0920 e. The van der Waals surface area contributed by atoms with E-state index in [9.17, 15) is 5.11 Å². The van der Waals surface area contributed by atoms with E-state index in [-0.39, 0.29) is 6.42 Å². The van der Waals surface area contributed by atoms with Crippen LogP contribution in [-0.4, -0.2) is 5.11 Å². The van der Waals surface area contributed by atoms with Crippen LogP contribution in [0.15, 0.2) is 42.5 Å². The van der Waals surface area contributed by atoms with Gasteiger partial charge in [0.15, 0.2) is 0 Å². The Labute approximate surface area is 88.4 Å². The molecule has 0 unspecified atom stereocenters. The van der Waals surface area contributed by atoms with Crippen molar-refractivity contribution in [1.82, 2.24) is 0 Å². The molecule has 0 aliphatic rings. The van der Waals surface area contributed by atoms with E-state index in [0.29, 0.717) is 0 Å². The summed E-state index contributed by atoms with van der Waals surface area (Å²) in [5.41, 5.74) is 0.801. The summed E-state index contributed by atoms with van der Waals surface area (Å²) in [5.74, 6) is 0. The van der Waals surface area contributed by atoms with Crippen molar-refractivity contribution >= 4 is 10.8 Å². The number of hydrogen-bond acceptors (Lipinski definition) is 2. The highest BCUT2D eigenvalue weighted by Gasteiger charge is 2.06. The van der Waals surface area contributed by atoms with Gasteiger partial charge in [-0.2, -0.15) is 5.26 Å². The van der Waals surface area contributed by atoms with E-state index < -0.39 is 6.10 Å². The molecule has 0 aromatic heterocycles. The van der Waals surface area contributed by atoms with E-state index in [0.717, 1.165) is 16.3 Å².